The molecule has 1 saturated heterocycles. The average molecular weight is 268 g/mol. The van der Waals surface area contributed by atoms with Crippen molar-refractivity contribution in [2.24, 2.45) is 0 Å². The summed E-state index contributed by atoms with van der Waals surface area (Å²) in [6.45, 7) is 4.26. The zero-order chi connectivity index (χ0) is 13.7. The minimum absolute atomic E-state index is 0.177. The number of likely N-dealkylation sites (tertiary alicyclic amines) is 1. The third-order valence-electron chi connectivity index (χ3n) is 4.56. The molecule has 1 aliphatic carbocycles. The van der Waals surface area contributed by atoms with Crippen LogP contribution in [0.25, 0.3) is 0 Å². The van der Waals surface area contributed by atoms with Crippen LogP contribution in [0.4, 0.5) is 0 Å². The molecule has 1 aliphatic heterocycles. The van der Waals surface area contributed by atoms with Crippen molar-refractivity contribution in [1.82, 2.24) is 10.2 Å². The Morgan fingerprint density at radius 1 is 1.16 bits per heavy atom. The van der Waals surface area contributed by atoms with Crippen molar-refractivity contribution in [1.29, 1.82) is 0 Å². The van der Waals surface area contributed by atoms with Crippen molar-refractivity contribution in [3.05, 3.63) is 0 Å². The van der Waals surface area contributed by atoms with E-state index < -0.39 is 5.60 Å². The minimum atomic E-state index is -0.589. The van der Waals surface area contributed by atoms with Crippen LogP contribution in [0.3, 0.4) is 0 Å². The number of piperidine rings is 1. The van der Waals surface area contributed by atoms with Crippen LogP contribution in [-0.2, 0) is 4.79 Å². The van der Waals surface area contributed by atoms with Gasteiger partial charge in [-0.2, -0.15) is 0 Å². The van der Waals surface area contributed by atoms with Crippen LogP contribution in [0.2, 0.25) is 0 Å². The molecule has 2 rings (SSSR count). The van der Waals surface area contributed by atoms with Gasteiger partial charge in [0, 0.05) is 19.6 Å². The molecule has 2 N–H and O–H groups in total. The summed E-state index contributed by atoms with van der Waals surface area (Å²) >= 11 is 0. The molecule has 1 amide bonds. The first-order valence-electron chi connectivity index (χ1n) is 7.85. The van der Waals surface area contributed by atoms with E-state index >= 15 is 0 Å². The maximum Gasteiger partial charge on any atom is 0.239 e. The van der Waals surface area contributed by atoms with Crippen LogP contribution in [-0.4, -0.2) is 47.2 Å². The zero-order valence-electron chi connectivity index (χ0n) is 12.2. The van der Waals surface area contributed by atoms with Crippen LogP contribution in [0.5, 0.6) is 0 Å². The van der Waals surface area contributed by atoms with Crippen molar-refractivity contribution in [2.45, 2.75) is 69.9 Å². The minimum Gasteiger partial charge on any atom is -0.389 e. The monoisotopic (exact) mass is 268 g/mol. The lowest BCUT2D eigenvalue weighted by atomic mass is 9.85. The topological polar surface area (TPSA) is 52.6 Å². The summed E-state index contributed by atoms with van der Waals surface area (Å²) in [6.07, 6.45) is 8.66. The molecule has 1 saturated carbocycles. The Labute approximate surface area is 116 Å². The van der Waals surface area contributed by atoms with E-state index in [1.807, 2.05) is 11.8 Å². The SMILES string of the molecule is CC(NCC1(O)CCCCC1)C(=O)N1CCCCC1. The van der Waals surface area contributed by atoms with Gasteiger partial charge in [-0.25, -0.2) is 0 Å². The molecule has 19 heavy (non-hydrogen) atoms. The number of carbonyl (C=O) groups excluding carboxylic acids is 1. The van der Waals surface area contributed by atoms with Crippen molar-refractivity contribution < 1.29 is 9.90 Å². The predicted molar refractivity (Wildman–Crippen MR) is 75.9 cm³/mol. The van der Waals surface area contributed by atoms with Gasteiger partial charge >= 0.3 is 0 Å². The van der Waals surface area contributed by atoms with Crippen molar-refractivity contribution in [3.8, 4) is 0 Å². The van der Waals surface area contributed by atoms with Gasteiger partial charge in [0.2, 0.25) is 5.91 Å². The summed E-state index contributed by atoms with van der Waals surface area (Å²) in [6, 6.07) is -0.177. The summed E-state index contributed by atoms with van der Waals surface area (Å²) in [5.41, 5.74) is -0.589. The molecular weight excluding hydrogens is 240 g/mol. The first kappa shape index (κ1) is 14.8. The lowest BCUT2D eigenvalue weighted by Gasteiger charge is -2.34. The average Bonchev–Trinajstić information content (AvgIpc) is 2.46. The van der Waals surface area contributed by atoms with Crippen LogP contribution in [0, 0.1) is 0 Å². The van der Waals surface area contributed by atoms with Gasteiger partial charge in [0.1, 0.15) is 0 Å². The normalized spacial score (nSPS) is 25.1. The fourth-order valence-corrected chi connectivity index (χ4v) is 3.21. The highest BCUT2D eigenvalue weighted by molar-refractivity contribution is 5.81. The highest BCUT2D eigenvalue weighted by Gasteiger charge is 2.30. The van der Waals surface area contributed by atoms with Gasteiger partial charge in [0.25, 0.3) is 0 Å². The summed E-state index contributed by atoms with van der Waals surface area (Å²) in [7, 11) is 0. The summed E-state index contributed by atoms with van der Waals surface area (Å²) < 4.78 is 0. The first-order valence-corrected chi connectivity index (χ1v) is 7.85. The highest BCUT2D eigenvalue weighted by atomic mass is 16.3. The van der Waals surface area contributed by atoms with Crippen molar-refractivity contribution >= 4 is 5.91 Å². The van der Waals surface area contributed by atoms with Crippen molar-refractivity contribution in [2.75, 3.05) is 19.6 Å². The molecule has 0 aromatic carbocycles. The van der Waals surface area contributed by atoms with Gasteiger partial charge < -0.3 is 15.3 Å². The predicted octanol–water partition coefficient (Wildman–Crippen LogP) is 1.67. The van der Waals surface area contributed by atoms with Gasteiger partial charge in [-0.15, -0.1) is 0 Å². The number of amides is 1. The van der Waals surface area contributed by atoms with Crippen LogP contribution in [0.15, 0.2) is 0 Å². The van der Waals surface area contributed by atoms with E-state index in [4.69, 9.17) is 0 Å². The maximum absolute atomic E-state index is 12.3. The maximum atomic E-state index is 12.3. The van der Waals surface area contributed by atoms with Gasteiger partial charge in [0.15, 0.2) is 0 Å². The Hall–Kier alpha value is -0.610. The molecule has 2 fully saturated rings. The Bertz CT molecular complexity index is 295. The van der Waals surface area contributed by atoms with Crippen LogP contribution >= 0.6 is 0 Å². The molecule has 2 aliphatic rings. The summed E-state index contributed by atoms with van der Waals surface area (Å²) in [4.78, 5) is 14.2. The molecular formula is C15H28N2O2. The lowest BCUT2D eigenvalue weighted by molar-refractivity contribution is -0.134. The van der Waals surface area contributed by atoms with E-state index in [0.29, 0.717) is 6.54 Å². The van der Waals surface area contributed by atoms with Crippen LogP contribution in [0.1, 0.15) is 58.3 Å². The Morgan fingerprint density at radius 3 is 2.37 bits per heavy atom. The third kappa shape index (κ3) is 4.18. The van der Waals surface area contributed by atoms with Gasteiger partial charge in [-0.05, 0) is 39.0 Å². The Kier molecular flexibility index (Phi) is 5.22. The second-order valence-corrected chi connectivity index (χ2v) is 6.27. The molecule has 0 aromatic heterocycles. The molecule has 4 nitrogen and oxygen atoms in total. The fraction of sp³-hybridized carbons (Fsp3) is 0.933. The Balaban J connectivity index is 1.76. The Morgan fingerprint density at radius 2 is 1.74 bits per heavy atom. The fourth-order valence-electron chi connectivity index (χ4n) is 3.21. The van der Waals surface area contributed by atoms with Crippen LogP contribution < -0.4 is 5.32 Å². The van der Waals surface area contributed by atoms with E-state index in [1.165, 1.54) is 12.8 Å². The zero-order valence-corrected chi connectivity index (χ0v) is 12.2. The van der Waals surface area contributed by atoms with Gasteiger partial charge in [0.05, 0.1) is 11.6 Å². The number of hydrogen-bond acceptors (Lipinski definition) is 3. The smallest absolute Gasteiger partial charge is 0.239 e. The molecule has 110 valence electrons. The highest BCUT2D eigenvalue weighted by Crippen LogP contribution is 2.27. The summed E-state index contributed by atoms with van der Waals surface area (Å²) in [5, 5.41) is 13.7. The van der Waals surface area contributed by atoms with E-state index in [2.05, 4.69) is 5.32 Å². The number of hydrogen-bond donors (Lipinski definition) is 2. The molecule has 0 spiro atoms. The quantitative estimate of drug-likeness (QED) is 0.815. The van der Waals surface area contributed by atoms with Crippen molar-refractivity contribution in [3.63, 3.8) is 0 Å². The number of rotatable bonds is 4. The van der Waals surface area contributed by atoms with E-state index in [0.717, 1.165) is 51.6 Å². The molecule has 1 atom stereocenters. The summed E-state index contributed by atoms with van der Waals surface area (Å²) in [5.74, 6) is 0.194. The standard InChI is InChI=1S/C15H28N2O2/c1-13(14(18)17-10-6-3-7-11-17)16-12-15(19)8-4-2-5-9-15/h13,16,19H,2-12H2,1H3. The number of nitrogens with one attached hydrogen (secondary N) is 1. The largest absolute Gasteiger partial charge is 0.389 e. The third-order valence-corrected chi connectivity index (χ3v) is 4.56. The second kappa shape index (κ2) is 6.71. The number of aliphatic hydroxyl groups is 1. The van der Waals surface area contributed by atoms with E-state index in [1.54, 1.807) is 0 Å². The molecule has 4 heteroatoms. The van der Waals surface area contributed by atoms with Gasteiger partial charge in [-0.3, -0.25) is 4.79 Å². The lowest BCUT2D eigenvalue weighted by Crippen LogP contribution is -2.51. The van der Waals surface area contributed by atoms with E-state index in [9.17, 15) is 9.90 Å². The molecule has 1 heterocycles. The van der Waals surface area contributed by atoms with Gasteiger partial charge in [-0.1, -0.05) is 19.3 Å². The number of nitrogens with zero attached hydrogens (tertiary/aromatic N) is 1. The molecule has 0 aromatic rings. The first-order chi connectivity index (χ1) is 9.11. The molecule has 0 radical (unpaired) electrons. The number of carbonyl (C=O) groups is 1. The van der Waals surface area contributed by atoms with E-state index in [-0.39, 0.29) is 11.9 Å². The molecule has 0 bridgehead atoms. The second-order valence-electron chi connectivity index (χ2n) is 6.27. The molecule has 1 unspecified atom stereocenters.